The lowest BCUT2D eigenvalue weighted by molar-refractivity contribution is 0.153. The van der Waals surface area contributed by atoms with Gasteiger partial charge in [-0.25, -0.2) is 9.18 Å². The molecule has 0 saturated heterocycles. The van der Waals surface area contributed by atoms with Crippen molar-refractivity contribution in [1.82, 2.24) is 4.41 Å². The zero-order chi connectivity index (χ0) is 14.5. The molecule has 4 nitrogen and oxygen atoms in total. The van der Waals surface area contributed by atoms with Crippen LogP contribution in [0.3, 0.4) is 0 Å². The Labute approximate surface area is 128 Å². The average Bonchev–Trinajstić information content (AvgIpc) is 2.34. The number of ether oxygens (including phenoxy) is 1. The average molecular weight is 346 g/mol. The summed E-state index contributed by atoms with van der Waals surface area (Å²) in [6.07, 6.45) is 0.263. The van der Waals surface area contributed by atoms with Crippen molar-refractivity contribution >= 4 is 59.1 Å². The van der Waals surface area contributed by atoms with Crippen LogP contribution in [0.15, 0.2) is 29.4 Å². The molecule has 0 spiro atoms. The quantitative estimate of drug-likeness (QED) is 0.357. The molecule has 1 aromatic carbocycles. The predicted molar refractivity (Wildman–Crippen MR) is 76.1 cm³/mol. The van der Waals surface area contributed by atoms with E-state index in [4.69, 9.17) is 34.8 Å². The van der Waals surface area contributed by atoms with Gasteiger partial charge in [0.1, 0.15) is 5.82 Å². The highest BCUT2D eigenvalue weighted by molar-refractivity contribution is 8.03. The van der Waals surface area contributed by atoms with Crippen molar-refractivity contribution in [3.8, 4) is 0 Å². The minimum Gasteiger partial charge on any atom is -0.451 e. The van der Waals surface area contributed by atoms with E-state index < -0.39 is 15.0 Å². The van der Waals surface area contributed by atoms with Crippen LogP contribution in [0.25, 0.3) is 0 Å². The topological polar surface area (TPSA) is 41.9 Å². The summed E-state index contributed by atoms with van der Waals surface area (Å²) in [6.45, 7) is 0. The van der Waals surface area contributed by atoms with Crippen LogP contribution in [0.2, 0.25) is 0 Å². The minimum absolute atomic E-state index is 0.182. The second-order valence-corrected chi connectivity index (χ2v) is 7.14. The van der Waals surface area contributed by atoms with Crippen LogP contribution in [0, 0.1) is 5.82 Å². The number of hydrazone groups is 1. The molecule has 0 bridgehead atoms. The molecule has 0 aliphatic carbocycles. The highest BCUT2D eigenvalue weighted by Gasteiger charge is 2.29. The van der Waals surface area contributed by atoms with Crippen molar-refractivity contribution in [2.24, 2.45) is 5.10 Å². The largest absolute Gasteiger partial charge is 0.451 e. The van der Waals surface area contributed by atoms with E-state index in [2.05, 4.69) is 9.84 Å². The highest BCUT2D eigenvalue weighted by atomic mass is 35.6. The van der Waals surface area contributed by atoms with Crippen molar-refractivity contribution in [2.45, 2.75) is 3.12 Å². The van der Waals surface area contributed by atoms with Crippen LogP contribution in [-0.2, 0) is 4.74 Å². The molecule has 0 aliphatic rings. The first-order valence-corrected chi connectivity index (χ1v) is 6.66. The number of carbonyl (C=O) groups is 1. The van der Waals surface area contributed by atoms with E-state index in [0.29, 0.717) is 16.4 Å². The molecule has 19 heavy (non-hydrogen) atoms. The van der Waals surface area contributed by atoms with Gasteiger partial charge in [-0.05, 0) is 6.07 Å². The first-order chi connectivity index (χ1) is 8.83. The van der Waals surface area contributed by atoms with Crippen molar-refractivity contribution in [2.75, 3.05) is 7.11 Å². The molecule has 0 radical (unpaired) electrons. The van der Waals surface area contributed by atoms with E-state index in [1.165, 1.54) is 18.2 Å². The fourth-order valence-corrected chi connectivity index (χ4v) is 2.01. The number of benzene rings is 1. The lowest BCUT2D eigenvalue weighted by Gasteiger charge is -2.18. The Hall–Kier alpha value is -0.690. The summed E-state index contributed by atoms with van der Waals surface area (Å²) in [7, 11) is 1.15. The summed E-state index contributed by atoms with van der Waals surface area (Å²) in [6, 6.07) is 5.88. The van der Waals surface area contributed by atoms with E-state index in [1.54, 1.807) is 6.07 Å². The lowest BCUT2D eigenvalue weighted by atomic mass is 10.2. The van der Waals surface area contributed by atoms with Gasteiger partial charge in [-0.1, -0.05) is 53.0 Å². The normalized spacial score (nSPS) is 11.6. The molecule has 9 heteroatoms. The van der Waals surface area contributed by atoms with Crippen molar-refractivity contribution in [3.05, 3.63) is 35.6 Å². The van der Waals surface area contributed by atoms with Gasteiger partial charge >= 0.3 is 6.09 Å². The molecule has 0 aromatic heterocycles. The summed E-state index contributed by atoms with van der Waals surface area (Å²) < 4.78 is 16.7. The van der Waals surface area contributed by atoms with Crippen LogP contribution >= 0.6 is 46.8 Å². The van der Waals surface area contributed by atoms with Gasteiger partial charge < -0.3 is 4.74 Å². The van der Waals surface area contributed by atoms with Gasteiger partial charge in [0.15, 0.2) is 0 Å². The van der Waals surface area contributed by atoms with Gasteiger partial charge in [-0.2, -0.15) is 5.10 Å². The third kappa shape index (κ3) is 5.86. The van der Waals surface area contributed by atoms with Crippen molar-refractivity contribution in [3.63, 3.8) is 0 Å². The second-order valence-electron chi connectivity index (χ2n) is 3.05. The maximum absolute atomic E-state index is 13.3. The molecule has 0 N–H and O–H groups in total. The number of methoxy groups -OCH3 is 1. The van der Waals surface area contributed by atoms with Gasteiger partial charge in [-0.15, -0.1) is 4.41 Å². The number of hydrogen-bond donors (Lipinski definition) is 0. The maximum Gasteiger partial charge on any atom is 0.440 e. The van der Waals surface area contributed by atoms with Crippen molar-refractivity contribution in [1.29, 1.82) is 0 Å². The Morgan fingerprint density at radius 2 is 2.11 bits per heavy atom. The lowest BCUT2D eigenvalue weighted by Crippen LogP contribution is -2.22. The number of alkyl halides is 3. The summed E-state index contributed by atoms with van der Waals surface area (Å²) in [4.78, 5) is 11.4. The fraction of sp³-hybridized carbons (Fsp3) is 0.200. The van der Waals surface area contributed by atoms with Gasteiger partial charge in [0, 0.05) is 17.5 Å². The zero-order valence-electron chi connectivity index (χ0n) is 9.52. The molecule has 1 rings (SSSR count). The minimum atomic E-state index is -1.80. The number of halogens is 4. The summed E-state index contributed by atoms with van der Waals surface area (Å²) in [5, 5.41) is 3.71. The van der Waals surface area contributed by atoms with Crippen LogP contribution in [0.4, 0.5) is 9.18 Å². The molecule has 0 fully saturated rings. The van der Waals surface area contributed by atoms with E-state index in [1.807, 2.05) is 0 Å². The number of carbonyl (C=O) groups excluding carboxylic acids is 1. The number of rotatable bonds is 3. The highest BCUT2D eigenvalue weighted by Crippen LogP contribution is 2.41. The fourth-order valence-electron chi connectivity index (χ4n) is 0.979. The van der Waals surface area contributed by atoms with Gasteiger partial charge in [0.05, 0.1) is 13.3 Å². The first-order valence-electron chi connectivity index (χ1n) is 4.76. The molecule has 1 amide bonds. The van der Waals surface area contributed by atoms with Crippen LogP contribution in [0.5, 0.6) is 0 Å². The Bertz CT molecular complexity index is 482. The molecular formula is C10H8Cl3FN2O2S. The van der Waals surface area contributed by atoms with E-state index in [0.717, 1.165) is 13.3 Å². The third-order valence-corrected chi connectivity index (χ3v) is 2.97. The Morgan fingerprint density at radius 3 is 2.63 bits per heavy atom. The smallest absolute Gasteiger partial charge is 0.440 e. The van der Waals surface area contributed by atoms with Gasteiger partial charge in [0.2, 0.25) is 0 Å². The first kappa shape index (κ1) is 16.4. The van der Waals surface area contributed by atoms with Gasteiger partial charge in [-0.3, -0.25) is 0 Å². The summed E-state index contributed by atoms with van der Waals surface area (Å²) in [5.41, 5.74) is 0.182. The molecule has 104 valence electrons. The standard InChI is InChI=1S/C10H8Cl3FN2O2S/c1-18-9(17)16(19-10(11,12)13)15-6-7-4-2-3-5-8(7)14/h2-6H,1H3. The van der Waals surface area contributed by atoms with E-state index in [-0.39, 0.29) is 5.56 Å². The van der Waals surface area contributed by atoms with Gasteiger partial charge in [0.25, 0.3) is 3.12 Å². The number of hydrogen-bond acceptors (Lipinski definition) is 4. The molecule has 0 atom stereocenters. The molecular weight excluding hydrogens is 338 g/mol. The molecule has 0 aliphatic heterocycles. The van der Waals surface area contributed by atoms with Crippen LogP contribution in [0.1, 0.15) is 5.56 Å². The zero-order valence-corrected chi connectivity index (χ0v) is 12.6. The molecule has 0 saturated carbocycles. The molecule has 0 heterocycles. The molecule has 1 aromatic rings. The van der Waals surface area contributed by atoms with E-state index in [9.17, 15) is 9.18 Å². The second kappa shape index (κ2) is 7.19. The monoisotopic (exact) mass is 344 g/mol. The predicted octanol–water partition coefficient (Wildman–Crippen LogP) is 4.20. The van der Waals surface area contributed by atoms with Crippen molar-refractivity contribution < 1.29 is 13.9 Å². The maximum atomic E-state index is 13.3. The third-order valence-electron chi connectivity index (χ3n) is 1.73. The number of nitrogens with zero attached hydrogens (tertiary/aromatic N) is 2. The SMILES string of the molecule is COC(=O)N(N=Cc1ccccc1F)SC(Cl)(Cl)Cl. The Morgan fingerprint density at radius 1 is 1.47 bits per heavy atom. The Balaban J connectivity index is 2.89. The number of amides is 1. The van der Waals surface area contributed by atoms with Crippen LogP contribution < -0.4 is 0 Å². The molecule has 0 unspecified atom stereocenters. The summed E-state index contributed by atoms with van der Waals surface area (Å²) in [5.74, 6) is -0.491. The Kier molecular flexibility index (Phi) is 6.19. The van der Waals surface area contributed by atoms with Crippen LogP contribution in [-0.4, -0.2) is 27.0 Å². The van der Waals surface area contributed by atoms with E-state index >= 15 is 0 Å². The summed E-state index contributed by atoms with van der Waals surface area (Å²) >= 11 is 17.1.